The van der Waals surface area contributed by atoms with Gasteiger partial charge >= 0.3 is 5.97 Å². The van der Waals surface area contributed by atoms with E-state index in [1.807, 2.05) is 13.8 Å². The van der Waals surface area contributed by atoms with Gasteiger partial charge in [-0.1, -0.05) is 44.9 Å². The molecule has 0 radical (unpaired) electrons. The van der Waals surface area contributed by atoms with Gasteiger partial charge in [0.15, 0.2) is 5.76 Å². The molecule has 186 valence electrons. The van der Waals surface area contributed by atoms with Crippen molar-refractivity contribution >= 4 is 11.8 Å². The fourth-order valence-electron chi connectivity index (χ4n) is 9.44. The number of carbonyl (C=O) groups excluding carboxylic acids is 1. The molecule has 0 heterocycles. The number of Topliss-reactive ketones (excluding diaryl/α,β-unsaturated/α-hetero) is 1. The van der Waals surface area contributed by atoms with E-state index in [-0.39, 0.29) is 34.2 Å². The number of carboxylic acid groups (broad SMARTS) is 1. The molecular weight excluding hydrogens is 428 g/mol. The standard InChI is InChI=1S/C29H40O5/c1-16-9-12-29(24(32)33)14-13-26(4)19(23(29)28(16,6)34)7-8-21-25(3)15-20(30)22(31)17(2)18(25)10-11-27(21,26)5/h7,15-16,21,23,30,34H,8-14H2,1-6H3,(H,32,33). The highest BCUT2D eigenvalue weighted by molar-refractivity contribution is 6.08. The Morgan fingerprint density at radius 3 is 2.41 bits per heavy atom. The topological polar surface area (TPSA) is 94.8 Å². The highest BCUT2D eigenvalue weighted by atomic mass is 16.4. The first kappa shape index (κ1) is 23.8. The van der Waals surface area contributed by atoms with Crippen LogP contribution in [0.5, 0.6) is 0 Å². The summed E-state index contributed by atoms with van der Waals surface area (Å²) in [6.07, 6.45) is 9.21. The fourth-order valence-corrected chi connectivity index (χ4v) is 9.44. The monoisotopic (exact) mass is 468 g/mol. The minimum atomic E-state index is -1.08. The molecule has 0 aliphatic heterocycles. The Kier molecular flexibility index (Phi) is 4.82. The van der Waals surface area contributed by atoms with E-state index >= 15 is 0 Å². The molecule has 0 spiro atoms. The van der Waals surface area contributed by atoms with Gasteiger partial charge in [0.05, 0.1) is 11.0 Å². The summed E-state index contributed by atoms with van der Waals surface area (Å²) in [5, 5.41) is 32.8. The third-order valence-corrected chi connectivity index (χ3v) is 11.9. The molecule has 0 saturated heterocycles. The lowest BCUT2D eigenvalue weighted by Gasteiger charge is -2.69. The predicted molar refractivity (Wildman–Crippen MR) is 130 cm³/mol. The molecule has 8 unspecified atom stereocenters. The minimum Gasteiger partial charge on any atom is -0.504 e. The molecule has 0 bridgehead atoms. The van der Waals surface area contributed by atoms with Crippen molar-refractivity contribution in [3.05, 3.63) is 34.6 Å². The Bertz CT molecular complexity index is 1080. The fraction of sp³-hybridized carbons (Fsp3) is 0.724. The van der Waals surface area contributed by atoms with E-state index in [4.69, 9.17) is 0 Å². The zero-order valence-corrected chi connectivity index (χ0v) is 21.5. The van der Waals surface area contributed by atoms with Crippen molar-refractivity contribution in [2.45, 2.75) is 92.1 Å². The van der Waals surface area contributed by atoms with Crippen LogP contribution in [0.2, 0.25) is 0 Å². The van der Waals surface area contributed by atoms with Crippen LogP contribution in [-0.2, 0) is 9.59 Å². The molecule has 34 heavy (non-hydrogen) atoms. The number of hydrogen-bond donors (Lipinski definition) is 3. The van der Waals surface area contributed by atoms with Crippen molar-refractivity contribution in [1.82, 2.24) is 0 Å². The van der Waals surface area contributed by atoms with E-state index in [0.29, 0.717) is 18.4 Å². The van der Waals surface area contributed by atoms with E-state index in [0.717, 1.165) is 43.3 Å². The largest absolute Gasteiger partial charge is 0.504 e. The summed E-state index contributed by atoms with van der Waals surface area (Å²) in [4.78, 5) is 25.3. The number of hydrogen-bond acceptors (Lipinski definition) is 4. The van der Waals surface area contributed by atoms with Crippen LogP contribution in [0.25, 0.3) is 0 Å². The van der Waals surface area contributed by atoms with Crippen molar-refractivity contribution in [2.75, 3.05) is 0 Å². The van der Waals surface area contributed by atoms with E-state index in [2.05, 4.69) is 33.8 Å². The molecule has 3 saturated carbocycles. The molecule has 5 aliphatic carbocycles. The van der Waals surface area contributed by atoms with Gasteiger partial charge in [-0.15, -0.1) is 0 Å². The molecule has 0 amide bonds. The maximum Gasteiger partial charge on any atom is 0.310 e. The lowest BCUT2D eigenvalue weighted by molar-refractivity contribution is -0.192. The van der Waals surface area contributed by atoms with Crippen molar-refractivity contribution < 1.29 is 24.9 Å². The van der Waals surface area contributed by atoms with Gasteiger partial charge in [0, 0.05) is 16.9 Å². The summed E-state index contributed by atoms with van der Waals surface area (Å²) in [5.41, 5.74) is 0.161. The van der Waals surface area contributed by atoms with Gasteiger partial charge in [-0.2, -0.15) is 0 Å². The number of rotatable bonds is 1. The Morgan fingerprint density at radius 1 is 1.09 bits per heavy atom. The number of aliphatic hydroxyl groups is 2. The van der Waals surface area contributed by atoms with Crippen molar-refractivity contribution in [1.29, 1.82) is 0 Å². The molecule has 3 N–H and O–H groups in total. The SMILES string of the molecule is CC1=C2CCC3(C)C(CC=C4C5C(C(=O)O)(CCC(C)C5(C)O)CCC43C)C2(C)C=C(O)C1=O. The van der Waals surface area contributed by atoms with Crippen LogP contribution in [0.4, 0.5) is 0 Å². The first-order chi connectivity index (χ1) is 15.7. The number of carboxylic acids is 1. The molecule has 5 nitrogen and oxygen atoms in total. The smallest absolute Gasteiger partial charge is 0.310 e. The number of aliphatic hydroxyl groups excluding tert-OH is 1. The Hall–Kier alpha value is -1.88. The Labute approximate surface area is 203 Å². The van der Waals surface area contributed by atoms with Crippen LogP contribution in [-0.4, -0.2) is 32.7 Å². The van der Waals surface area contributed by atoms with E-state index < -0.39 is 28.3 Å². The van der Waals surface area contributed by atoms with Crippen LogP contribution < -0.4 is 0 Å². The first-order valence-electron chi connectivity index (χ1n) is 13.0. The van der Waals surface area contributed by atoms with Gasteiger partial charge in [-0.25, -0.2) is 0 Å². The Morgan fingerprint density at radius 2 is 1.76 bits per heavy atom. The van der Waals surface area contributed by atoms with Crippen LogP contribution in [0.1, 0.15) is 86.5 Å². The number of aliphatic carboxylic acids is 1. The third-order valence-electron chi connectivity index (χ3n) is 11.9. The highest BCUT2D eigenvalue weighted by Gasteiger charge is 2.69. The average Bonchev–Trinajstić information content (AvgIpc) is 2.75. The summed E-state index contributed by atoms with van der Waals surface area (Å²) in [7, 11) is 0. The van der Waals surface area contributed by atoms with Crippen molar-refractivity contribution in [2.24, 2.45) is 39.4 Å². The molecule has 5 rings (SSSR count). The van der Waals surface area contributed by atoms with Gasteiger partial charge in [0.25, 0.3) is 0 Å². The average molecular weight is 469 g/mol. The quantitative estimate of drug-likeness (QED) is 0.426. The summed E-state index contributed by atoms with van der Waals surface area (Å²) in [5.74, 6) is -1.36. The van der Waals surface area contributed by atoms with Crippen LogP contribution >= 0.6 is 0 Å². The number of fused-ring (bicyclic) bond motifs is 7. The lowest BCUT2D eigenvalue weighted by atomic mass is 9.35. The zero-order chi connectivity index (χ0) is 25.1. The number of ketones is 1. The number of carbonyl (C=O) groups is 2. The van der Waals surface area contributed by atoms with Gasteiger partial charge in [-0.3, -0.25) is 9.59 Å². The third kappa shape index (κ3) is 2.55. The van der Waals surface area contributed by atoms with Gasteiger partial charge in [-0.05, 0) is 87.5 Å². The first-order valence-corrected chi connectivity index (χ1v) is 13.0. The van der Waals surface area contributed by atoms with Gasteiger partial charge in [0.2, 0.25) is 5.78 Å². The summed E-state index contributed by atoms with van der Waals surface area (Å²) in [6, 6.07) is 0. The molecule has 3 fully saturated rings. The van der Waals surface area contributed by atoms with Crippen molar-refractivity contribution in [3.63, 3.8) is 0 Å². The van der Waals surface area contributed by atoms with E-state index in [1.165, 1.54) is 0 Å². The zero-order valence-electron chi connectivity index (χ0n) is 21.5. The second-order valence-corrected chi connectivity index (χ2v) is 13.0. The summed E-state index contributed by atoms with van der Waals surface area (Å²) < 4.78 is 0. The molecule has 0 aromatic carbocycles. The maximum absolute atomic E-state index is 12.8. The van der Waals surface area contributed by atoms with E-state index in [9.17, 15) is 24.9 Å². The normalized spacial score (nSPS) is 50.3. The Balaban J connectivity index is 1.69. The van der Waals surface area contributed by atoms with Crippen LogP contribution in [0, 0.1) is 39.4 Å². The molecule has 8 atom stereocenters. The molecule has 0 aromatic heterocycles. The van der Waals surface area contributed by atoms with Crippen LogP contribution in [0.3, 0.4) is 0 Å². The molecular formula is C29H40O5. The summed E-state index contributed by atoms with van der Waals surface area (Å²) >= 11 is 0. The summed E-state index contributed by atoms with van der Waals surface area (Å²) in [6.45, 7) is 12.6. The van der Waals surface area contributed by atoms with Gasteiger partial charge < -0.3 is 15.3 Å². The predicted octanol–water partition coefficient (Wildman–Crippen LogP) is 5.75. The molecule has 0 aromatic rings. The van der Waals surface area contributed by atoms with Crippen LogP contribution in [0.15, 0.2) is 34.6 Å². The maximum atomic E-state index is 12.8. The van der Waals surface area contributed by atoms with Gasteiger partial charge in [0.1, 0.15) is 0 Å². The molecule has 5 aliphatic rings. The highest BCUT2D eigenvalue weighted by Crippen LogP contribution is 2.74. The van der Waals surface area contributed by atoms with E-state index in [1.54, 1.807) is 6.08 Å². The molecule has 5 heteroatoms. The number of allylic oxidation sites excluding steroid dienone is 4. The second kappa shape index (κ2) is 6.87. The lowest BCUT2D eigenvalue weighted by Crippen LogP contribution is -2.66. The second-order valence-electron chi connectivity index (χ2n) is 13.0. The van der Waals surface area contributed by atoms with Crippen molar-refractivity contribution in [3.8, 4) is 0 Å². The minimum absolute atomic E-state index is 0.0315.